The molecule has 0 atom stereocenters. The van der Waals surface area contributed by atoms with Crippen LogP contribution in [0.25, 0.3) is 0 Å². The second-order valence-corrected chi connectivity index (χ2v) is 6.57. The molecule has 7 heteroatoms. The van der Waals surface area contributed by atoms with Crippen LogP contribution in [0.2, 0.25) is 0 Å². The first-order valence-corrected chi connectivity index (χ1v) is 8.96. The van der Waals surface area contributed by atoms with Gasteiger partial charge in [0.25, 0.3) is 5.91 Å². The van der Waals surface area contributed by atoms with Gasteiger partial charge < -0.3 is 15.0 Å². The van der Waals surface area contributed by atoms with E-state index >= 15 is 0 Å². The van der Waals surface area contributed by atoms with Crippen molar-refractivity contribution in [2.45, 2.75) is 25.3 Å². The number of anilines is 1. The van der Waals surface area contributed by atoms with Gasteiger partial charge in [0.1, 0.15) is 5.82 Å². The highest BCUT2D eigenvalue weighted by atomic mass is 32.1. The Kier molecular flexibility index (Phi) is 5.77. The molecule has 1 saturated heterocycles. The van der Waals surface area contributed by atoms with E-state index in [9.17, 15) is 4.79 Å². The first kappa shape index (κ1) is 16.9. The van der Waals surface area contributed by atoms with E-state index in [1.54, 1.807) is 7.11 Å². The highest BCUT2D eigenvalue weighted by molar-refractivity contribution is 7.09. The van der Waals surface area contributed by atoms with Crippen LogP contribution in [0.5, 0.6) is 0 Å². The largest absolute Gasteiger partial charge is 0.384 e. The molecule has 1 amide bonds. The Balaban J connectivity index is 1.49. The van der Waals surface area contributed by atoms with Crippen LogP contribution in [0.15, 0.2) is 30.3 Å². The Morgan fingerprint density at radius 2 is 2.08 bits per heavy atom. The van der Waals surface area contributed by atoms with Crippen molar-refractivity contribution in [1.82, 2.24) is 14.7 Å². The van der Waals surface area contributed by atoms with E-state index in [1.807, 2.05) is 30.3 Å². The zero-order chi connectivity index (χ0) is 16.8. The number of nitrogens with zero attached hydrogens (tertiary/aromatic N) is 3. The van der Waals surface area contributed by atoms with Crippen molar-refractivity contribution in [2.24, 2.45) is 0 Å². The van der Waals surface area contributed by atoms with Crippen LogP contribution in [0, 0.1) is 0 Å². The summed E-state index contributed by atoms with van der Waals surface area (Å²) in [5.41, 5.74) is 0.715. The number of hydrogen-bond donors (Lipinski definition) is 1. The Morgan fingerprint density at radius 3 is 2.79 bits per heavy atom. The van der Waals surface area contributed by atoms with Gasteiger partial charge in [0.2, 0.25) is 5.13 Å². The van der Waals surface area contributed by atoms with E-state index in [4.69, 9.17) is 4.74 Å². The monoisotopic (exact) mass is 346 g/mol. The summed E-state index contributed by atoms with van der Waals surface area (Å²) in [5.74, 6) is 0.850. The molecule has 128 valence electrons. The minimum atomic E-state index is 0.00631. The van der Waals surface area contributed by atoms with Gasteiger partial charge in [0.15, 0.2) is 0 Å². The van der Waals surface area contributed by atoms with Crippen molar-refractivity contribution in [3.8, 4) is 0 Å². The molecule has 1 aliphatic heterocycles. The summed E-state index contributed by atoms with van der Waals surface area (Å²) in [4.78, 5) is 19.0. The SMILES string of the molecule is COCCc1nsc(N2CCC(NC(=O)c3ccccc3)CC2)n1. The average Bonchev–Trinajstić information content (AvgIpc) is 3.10. The molecule has 0 bridgehead atoms. The van der Waals surface area contributed by atoms with Crippen LogP contribution in [-0.2, 0) is 11.2 Å². The van der Waals surface area contributed by atoms with Gasteiger partial charge in [-0.25, -0.2) is 4.98 Å². The maximum absolute atomic E-state index is 12.2. The quantitative estimate of drug-likeness (QED) is 0.868. The van der Waals surface area contributed by atoms with E-state index < -0.39 is 0 Å². The summed E-state index contributed by atoms with van der Waals surface area (Å²) in [7, 11) is 1.68. The molecule has 0 unspecified atom stereocenters. The lowest BCUT2D eigenvalue weighted by molar-refractivity contribution is 0.0931. The smallest absolute Gasteiger partial charge is 0.251 e. The number of benzene rings is 1. The van der Waals surface area contributed by atoms with Crippen LogP contribution in [0.4, 0.5) is 5.13 Å². The molecule has 1 aromatic carbocycles. The lowest BCUT2D eigenvalue weighted by Crippen LogP contribution is -2.44. The summed E-state index contributed by atoms with van der Waals surface area (Å²) >= 11 is 1.44. The molecule has 0 spiro atoms. The molecule has 24 heavy (non-hydrogen) atoms. The van der Waals surface area contributed by atoms with Gasteiger partial charge in [0, 0.05) is 49.8 Å². The maximum Gasteiger partial charge on any atom is 0.251 e. The van der Waals surface area contributed by atoms with E-state index in [0.29, 0.717) is 12.2 Å². The van der Waals surface area contributed by atoms with Crippen molar-refractivity contribution in [3.63, 3.8) is 0 Å². The van der Waals surface area contributed by atoms with E-state index in [-0.39, 0.29) is 11.9 Å². The Morgan fingerprint density at radius 1 is 1.33 bits per heavy atom. The second-order valence-electron chi connectivity index (χ2n) is 5.84. The van der Waals surface area contributed by atoms with Crippen molar-refractivity contribution < 1.29 is 9.53 Å². The van der Waals surface area contributed by atoms with Gasteiger partial charge in [-0.1, -0.05) is 18.2 Å². The third-order valence-corrected chi connectivity index (χ3v) is 4.94. The number of methoxy groups -OCH3 is 1. The third-order valence-electron chi connectivity index (χ3n) is 4.12. The summed E-state index contributed by atoms with van der Waals surface area (Å²) in [5, 5.41) is 4.09. The highest BCUT2D eigenvalue weighted by Gasteiger charge is 2.23. The van der Waals surface area contributed by atoms with Gasteiger partial charge in [-0.05, 0) is 25.0 Å². The Bertz CT molecular complexity index is 654. The fourth-order valence-electron chi connectivity index (χ4n) is 2.74. The first-order valence-electron chi connectivity index (χ1n) is 8.18. The lowest BCUT2D eigenvalue weighted by atomic mass is 10.0. The molecular weight excluding hydrogens is 324 g/mol. The van der Waals surface area contributed by atoms with Crippen LogP contribution < -0.4 is 10.2 Å². The molecule has 3 rings (SSSR count). The Hall–Kier alpha value is -1.99. The van der Waals surface area contributed by atoms with Gasteiger partial charge in [-0.2, -0.15) is 4.37 Å². The van der Waals surface area contributed by atoms with Crippen molar-refractivity contribution in [1.29, 1.82) is 0 Å². The molecule has 1 N–H and O–H groups in total. The van der Waals surface area contributed by atoms with Gasteiger partial charge in [0.05, 0.1) is 6.61 Å². The fraction of sp³-hybridized carbons (Fsp3) is 0.471. The predicted molar refractivity (Wildman–Crippen MR) is 94.6 cm³/mol. The minimum Gasteiger partial charge on any atom is -0.384 e. The number of hydrogen-bond acceptors (Lipinski definition) is 6. The van der Waals surface area contributed by atoms with Crippen LogP contribution in [-0.4, -0.2) is 48.1 Å². The predicted octanol–water partition coefficient (Wildman–Crippen LogP) is 2.13. The highest BCUT2D eigenvalue weighted by Crippen LogP contribution is 2.22. The molecule has 6 nitrogen and oxygen atoms in total. The molecule has 1 aromatic heterocycles. The zero-order valence-electron chi connectivity index (χ0n) is 13.8. The van der Waals surface area contributed by atoms with Gasteiger partial charge >= 0.3 is 0 Å². The summed E-state index contributed by atoms with van der Waals surface area (Å²) in [6, 6.07) is 9.58. The number of ether oxygens (including phenoxy) is 1. The number of carbonyl (C=O) groups is 1. The molecule has 0 aliphatic carbocycles. The minimum absolute atomic E-state index is 0.00631. The lowest BCUT2D eigenvalue weighted by Gasteiger charge is -2.31. The number of aromatic nitrogens is 2. The average molecular weight is 346 g/mol. The molecule has 2 aromatic rings. The van der Waals surface area contributed by atoms with Crippen LogP contribution >= 0.6 is 11.5 Å². The second kappa shape index (κ2) is 8.21. The zero-order valence-corrected chi connectivity index (χ0v) is 14.6. The van der Waals surface area contributed by atoms with Crippen LogP contribution in [0.3, 0.4) is 0 Å². The first-order chi connectivity index (χ1) is 11.8. The van der Waals surface area contributed by atoms with Gasteiger partial charge in [-0.15, -0.1) is 0 Å². The summed E-state index contributed by atoms with van der Waals surface area (Å²) in [6.07, 6.45) is 2.59. The van der Waals surface area contributed by atoms with E-state index in [1.165, 1.54) is 11.5 Å². The number of amides is 1. The summed E-state index contributed by atoms with van der Waals surface area (Å²) in [6.45, 7) is 2.42. The van der Waals surface area contributed by atoms with Crippen LogP contribution in [0.1, 0.15) is 29.0 Å². The molecule has 1 fully saturated rings. The molecular formula is C17H22N4O2S. The molecule has 0 saturated carbocycles. The fourth-order valence-corrected chi connectivity index (χ4v) is 3.50. The number of carbonyl (C=O) groups excluding carboxylic acids is 1. The van der Waals surface area contributed by atoms with Crippen molar-refractivity contribution >= 4 is 22.6 Å². The topological polar surface area (TPSA) is 67.3 Å². The maximum atomic E-state index is 12.2. The van der Waals surface area contributed by atoms with Crippen molar-refractivity contribution in [3.05, 3.63) is 41.7 Å². The third kappa shape index (κ3) is 4.30. The molecule has 0 radical (unpaired) electrons. The number of nitrogens with one attached hydrogen (secondary N) is 1. The van der Waals surface area contributed by atoms with E-state index in [2.05, 4.69) is 19.6 Å². The normalized spacial score (nSPS) is 15.5. The van der Waals surface area contributed by atoms with Gasteiger partial charge in [-0.3, -0.25) is 4.79 Å². The standard InChI is InChI=1S/C17H22N4O2S/c1-23-12-9-15-19-17(24-20-15)21-10-7-14(8-11-21)18-16(22)13-5-3-2-4-6-13/h2-6,14H,7-12H2,1H3,(H,18,22). The Labute approximate surface area is 146 Å². The molecule has 2 heterocycles. The van der Waals surface area contributed by atoms with Crippen molar-refractivity contribution in [2.75, 3.05) is 31.7 Å². The van der Waals surface area contributed by atoms with E-state index in [0.717, 1.165) is 43.3 Å². The molecule has 1 aliphatic rings. The summed E-state index contributed by atoms with van der Waals surface area (Å²) < 4.78 is 9.43. The number of rotatable bonds is 6. The number of piperidine rings is 1.